The van der Waals surface area contributed by atoms with Crippen LogP contribution in [0.3, 0.4) is 0 Å². The molecule has 2 aromatic heterocycles. The van der Waals surface area contributed by atoms with Gasteiger partial charge in [0.25, 0.3) is 0 Å². The van der Waals surface area contributed by atoms with Crippen LogP contribution in [-0.4, -0.2) is 45.1 Å². The zero-order valence-electron chi connectivity index (χ0n) is 15.9. The highest BCUT2D eigenvalue weighted by Gasteiger charge is 2.21. The van der Waals surface area contributed by atoms with Crippen molar-refractivity contribution in [3.8, 4) is 0 Å². The van der Waals surface area contributed by atoms with Gasteiger partial charge in [-0.25, -0.2) is 9.59 Å². The minimum Gasteiger partial charge on any atom is -0.408 e. The van der Waals surface area contributed by atoms with Crippen LogP contribution in [0.25, 0.3) is 22.2 Å². The molecule has 0 atom stereocenters. The standard InChI is InChI=1S/C20H18Cl2N4O4/c21-13-1-3-17-15(9-13)25(19(27)29-17)11-23-5-7-24(8-6-23)12-26-16-10-14(22)2-4-18(16)30-20(26)28/h1-4,9-10H,5-8,11-12H2. The van der Waals surface area contributed by atoms with E-state index in [-0.39, 0.29) is 0 Å². The summed E-state index contributed by atoms with van der Waals surface area (Å²) in [4.78, 5) is 28.8. The van der Waals surface area contributed by atoms with Crippen LogP contribution in [0.4, 0.5) is 0 Å². The molecule has 8 nitrogen and oxygen atoms in total. The van der Waals surface area contributed by atoms with Crippen LogP contribution in [-0.2, 0) is 13.3 Å². The van der Waals surface area contributed by atoms with Gasteiger partial charge in [-0.3, -0.25) is 18.9 Å². The fourth-order valence-corrected chi connectivity index (χ4v) is 4.14. The first kappa shape index (κ1) is 19.4. The Labute approximate surface area is 180 Å². The number of halogens is 2. The lowest BCUT2D eigenvalue weighted by Crippen LogP contribution is -2.48. The first-order valence-corrected chi connectivity index (χ1v) is 10.3. The number of hydrogen-bond donors (Lipinski definition) is 0. The molecule has 4 aromatic rings. The number of piperazine rings is 1. The summed E-state index contributed by atoms with van der Waals surface area (Å²) in [6.07, 6.45) is 0. The summed E-state index contributed by atoms with van der Waals surface area (Å²) in [5.74, 6) is -0.800. The summed E-state index contributed by atoms with van der Waals surface area (Å²) >= 11 is 12.1. The van der Waals surface area contributed by atoms with Crippen molar-refractivity contribution >= 4 is 45.4 Å². The van der Waals surface area contributed by atoms with Crippen molar-refractivity contribution in [2.75, 3.05) is 26.2 Å². The van der Waals surface area contributed by atoms with Crippen molar-refractivity contribution in [3.63, 3.8) is 0 Å². The van der Waals surface area contributed by atoms with E-state index in [0.29, 0.717) is 45.6 Å². The van der Waals surface area contributed by atoms with Gasteiger partial charge in [-0.05, 0) is 36.4 Å². The third-order valence-electron chi connectivity index (χ3n) is 5.41. The fourth-order valence-electron chi connectivity index (χ4n) is 3.81. The Hall–Kier alpha value is -2.52. The largest absolute Gasteiger partial charge is 0.421 e. The quantitative estimate of drug-likeness (QED) is 0.477. The van der Waals surface area contributed by atoms with E-state index in [1.807, 2.05) is 0 Å². The first-order chi connectivity index (χ1) is 14.5. The average Bonchev–Trinajstić information content (AvgIpc) is 3.19. The van der Waals surface area contributed by atoms with E-state index in [2.05, 4.69) is 9.80 Å². The van der Waals surface area contributed by atoms with Gasteiger partial charge in [0.15, 0.2) is 11.2 Å². The number of nitrogens with zero attached hydrogens (tertiary/aromatic N) is 4. The normalized spacial score (nSPS) is 16.1. The molecule has 0 unspecified atom stereocenters. The summed E-state index contributed by atoms with van der Waals surface area (Å²) in [7, 11) is 0. The van der Waals surface area contributed by atoms with E-state index >= 15 is 0 Å². The predicted molar refractivity (Wildman–Crippen MR) is 114 cm³/mol. The minimum absolute atomic E-state index is 0.400. The Morgan fingerprint density at radius 3 is 1.50 bits per heavy atom. The number of aromatic nitrogens is 2. The molecule has 1 saturated heterocycles. The van der Waals surface area contributed by atoms with E-state index in [1.54, 1.807) is 45.5 Å². The molecule has 0 amide bonds. The van der Waals surface area contributed by atoms with Gasteiger partial charge in [0.2, 0.25) is 0 Å². The number of benzene rings is 2. The molecule has 1 aliphatic rings. The average molecular weight is 449 g/mol. The van der Waals surface area contributed by atoms with Crippen LogP contribution in [0.1, 0.15) is 0 Å². The zero-order valence-corrected chi connectivity index (χ0v) is 17.4. The van der Waals surface area contributed by atoms with Crippen LogP contribution in [0.2, 0.25) is 10.0 Å². The molecule has 2 aromatic carbocycles. The molecule has 10 heteroatoms. The minimum atomic E-state index is -0.400. The Morgan fingerprint density at radius 1 is 0.700 bits per heavy atom. The summed E-state index contributed by atoms with van der Waals surface area (Å²) in [6, 6.07) is 10.3. The van der Waals surface area contributed by atoms with E-state index in [9.17, 15) is 9.59 Å². The Kier molecular flexibility index (Phi) is 4.94. The van der Waals surface area contributed by atoms with Gasteiger partial charge < -0.3 is 8.83 Å². The molecule has 156 valence electrons. The number of hydrogen-bond acceptors (Lipinski definition) is 6. The van der Waals surface area contributed by atoms with Gasteiger partial charge in [0.1, 0.15) is 0 Å². The van der Waals surface area contributed by atoms with Gasteiger partial charge in [0, 0.05) is 36.2 Å². The van der Waals surface area contributed by atoms with Crippen molar-refractivity contribution in [1.82, 2.24) is 18.9 Å². The van der Waals surface area contributed by atoms with Gasteiger partial charge in [-0.2, -0.15) is 0 Å². The maximum absolute atomic E-state index is 12.2. The molecule has 0 radical (unpaired) electrons. The van der Waals surface area contributed by atoms with Crippen molar-refractivity contribution < 1.29 is 8.83 Å². The highest BCUT2D eigenvalue weighted by atomic mass is 35.5. The lowest BCUT2D eigenvalue weighted by Gasteiger charge is -2.34. The Balaban J connectivity index is 1.29. The molecular formula is C20H18Cl2N4O4. The molecule has 0 aliphatic carbocycles. The Bertz CT molecular complexity index is 1240. The summed E-state index contributed by atoms with van der Waals surface area (Å²) in [5.41, 5.74) is 2.41. The van der Waals surface area contributed by atoms with Gasteiger partial charge in [-0.15, -0.1) is 0 Å². The van der Waals surface area contributed by atoms with Crippen molar-refractivity contribution in [2.45, 2.75) is 13.3 Å². The number of oxazole rings is 2. The van der Waals surface area contributed by atoms with Crippen molar-refractivity contribution in [3.05, 3.63) is 67.5 Å². The molecular weight excluding hydrogens is 431 g/mol. The molecule has 0 spiro atoms. The van der Waals surface area contributed by atoms with Crippen LogP contribution >= 0.6 is 23.2 Å². The lowest BCUT2D eigenvalue weighted by molar-refractivity contribution is 0.0854. The fraction of sp³-hybridized carbons (Fsp3) is 0.300. The number of fused-ring (bicyclic) bond motifs is 2. The van der Waals surface area contributed by atoms with Crippen LogP contribution in [0.5, 0.6) is 0 Å². The topological polar surface area (TPSA) is 76.8 Å². The second kappa shape index (κ2) is 7.63. The molecule has 1 aliphatic heterocycles. The first-order valence-electron chi connectivity index (χ1n) is 9.50. The second-order valence-electron chi connectivity index (χ2n) is 7.34. The van der Waals surface area contributed by atoms with Crippen molar-refractivity contribution in [2.24, 2.45) is 0 Å². The van der Waals surface area contributed by atoms with Crippen LogP contribution in [0.15, 0.2) is 54.8 Å². The monoisotopic (exact) mass is 448 g/mol. The number of rotatable bonds is 4. The van der Waals surface area contributed by atoms with Gasteiger partial charge in [0.05, 0.1) is 24.4 Å². The molecule has 0 bridgehead atoms. The van der Waals surface area contributed by atoms with E-state index in [4.69, 9.17) is 32.0 Å². The predicted octanol–water partition coefficient (Wildman–Crippen LogP) is 3.04. The van der Waals surface area contributed by atoms with E-state index in [1.165, 1.54) is 0 Å². The molecule has 3 heterocycles. The van der Waals surface area contributed by atoms with Gasteiger partial charge in [-0.1, -0.05) is 23.2 Å². The summed E-state index contributed by atoms with van der Waals surface area (Å²) < 4.78 is 13.8. The molecule has 0 saturated carbocycles. The van der Waals surface area contributed by atoms with Crippen LogP contribution in [0, 0.1) is 0 Å². The smallest absolute Gasteiger partial charge is 0.408 e. The SMILES string of the molecule is O=c1oc2ccc(Cl)cc2n1CN1CCN(Cn2c(=O)oc3ccc(Cl)cc32)CC1. The molecule has 1 fully saturated rings. The summed E-state index contributed by atoms with van der Waals surface area (Å²) in [5, 5.41) is 1.11. The maximum Gasteiger partial charge on any atom is 0.421 e. The second-order valence-corrected chi connectivity index (χ2v) is 8.21. The van der Waals surface area contributed by atoms with E-state index in [0.717, 1.165) is 26.2 Å². The highest BCUT2D eigenvalue weighted by Crippen LogP contribution is 2.20. The third kappa shape index (κ3) is 3.56. The van der Waals surface area contributed by atoms with Crippen LogP contribution < -0.4 is 11.5 Å². The Morgan fingerprint density at radius 2 is 1.10 bits per heavy atom. The zero-order chi connectivity index (χ0) is 20.8. The highest BCUT2D eigenvalue weighted by molar-refractivity contribution is 6.31. The van der Waals surface area contributed by atoms with Gasteiger partial charge >= 0.3 is 11.5 Å². The van der Waals surface area contributed by atoms with E-state index < -0.39 is 11.5 Å². The molecule has 5 rings (SSSR count). The third-order valence-corrected chi connectivity index (χ3v) is 5.88. The molecule has 0 N–H and O–H groups in total. The lowest BCUT2D eigenvalue weighted by atomic mass is 10.3. The molecule has 30 heavy (non-hydrogen) atoms. The maximum atomic E-state index is 12.2. The van der Waals surface area contributed by atoms with Crippen molar-refractivity contribution in [1.29, 1.82) is 0 Å². The summed E-state index contributed by atoms with van der Waals surface area (Å²) in [6.45, 7) is 3.81.